The van der Waals surface area contributed by atoms with E-state index in [2.05, 4.69) is 0 Å². The van der Waals surface area contributed by atoms with Gasteiger partial charge in [0.25, 0.3) is 0 Å². The summed E-state index contributed by atoms with van der Waals surface area (Å²) in [5, 5.41) is 1.89. The van der Waals surface area contributed by atoms with Crippen LogP contribution in [0.3, 0.4) is 0 Å². The molecule has 3 rings (SSSR count). The Balaban J connectivity index is 1.72. The van der Waals surface area contributed by atoms with E-state index in [-0.39, 0.29) is 29.8 Å². The van der Waals surface area contributed by atoms with Crippen LogP contribution in [0.4, 0.5) is 0 Å². The molecule has 0 amide bonds. The van der Waals surface area contributed by atoms with Gasteiger partial charge >= 0.3 is 5.97 Å². The Kier molecular flexibility index (Phi) is 3.68. The van der Waals surface area contributed by atoms with Crippen LogP contribution in [0, 0.1) is 5.92 Å². The molecular weight excluding hydrogens is 288 g/mol. The third-order valence-corrected chi connectivity index (χ3v) is 5.59. The molecule has 110 valence electrons. The molecule has 0 aliphatic carbocycles. The molecule has 0 saturated carbocycles. The Hall–Kier alpha value is -1.88. The molecule has 0 unspecified atom stereocenters. The number of esters is 1. The summed E-state index contributed by atoms with van der Waals surface area (Å²) in [4.78, 5) is 12.0. The average molecular weight is 304 g/mol. The van der Waals surface area contributed by atoms with E-state index >= 15 is 0 Å². The smallest absolute Gasteiger partial charge is 0.311 e. The van der Waals surface area contributed by atoms with Gasteiger partial charge in [-0.1, -0.05) is 36.4 Å². The molecule has 2 aromatic carbocycles. The molecule has 1 aliphatic rings. The van der Waals surface area contributed by atoms with Gasteiger partial charge in [-0.25, -0.2) is 8.42 Å². The molecule has 1 aliphatic heterocycles. The number of fused-ring (bicyclic) bond motifs is 1. The third kappa shape index (κ3) is 3.24. The van der Waals surface area contributed by atoms with Crippen molar-refractivity contribution in [1.82, 2.24) is 0 Å². The van der Waals surface area contributed by atoms with E-state index in [1.807, 2.05) is 36.4 Å². The Bertz CT molecular complexity index is 774. The van der Waals surface area contributed by atoms with Crippen molar-refractivity contribution in [3.63, 3.8) is 0 Å². The second kappa shape index (κ2) is 5.48. The van der Waals surface area contributed by atoms with E-state index in [4.69, 9.17) is 4.74 Å². The second-order valence-corrected chi connectivity index (χ2v) is 7.65. The van der Waals surface area contributed by atoms with Crippen LogP contribution in [0.1, 0.15) is 12.8 Å². The van der Waals surface area contributed by atoms with Crippen LogP contribution in [-0.4, -0.2) is 25.9 Å². The summed E-state index contributed by atoms with van der Waals surface area (Å²) in [6.45, 7) is 0. The third-order valence-electron chi connectivity index (χ3n) is 3.76. The summed E-state index contributed by atoms with van der Waals surface area (Å²) >= 11 is 0. The van der Waals surface area contributed by atoms with Crippen molar-refractivity contribution in [1.29, 1.82) is 0 Å². The van der Waals surface area contributed by atoms with Gasteiger partial charge in [0.2, 0.25) is 0 Å². The lowest BCUT2D eigenvalue weighted by Gasteiger charge is -2.10. The monoisotopic (exact) mass is 304 g/mol. The quantitative estimate of drug-likeness (QED) is 0.646. The lowest BCUT2D eigenvalue weighted by molar-refractivity contribution is -0.135. The summed E-state index contributed by atoms with van der Waals surface area (Å²) in [5.74, 6) is 0.321. The first-order valence-corrected chi connectivity index (χ1v) is 8.74. The van der Waals surface area contributed by atoms with Gasteiger partial charge in [0.1, 0.15) is 5.75 Å². The van der Waals surface area contributed by atoms with Crippen molar-refractivity contribution >= 4 is 26.6 Å². The molecule has 1 saturated heterocycles. The topological polar surface area (TPSA) is 60.4 Å². The van der Waals surface area contributed by atoms with Crippen molar-refractivity contribution in [3.8, 4) is 5.75 Å². The van der Waals surface area contributed by atoms with E-state index < -0.39 is 9.84 Å². The van der Waals surface area contributed by atoms with Crippen LogP contribution in [-0.2, 0) is 14.6 Å². The highest BCUT2D eigenvalue weighted by Gasteiger charge is 2.30. The molecule has 0 aromatic heterocycles. The Morgan fingerprint density at radius 3 is 2.67 bits per heavy atom. The molecule has 4 nitrogen and oxygen atoms in total. The number of carbonyl (C=O) groups excluding carboxylic acids is 1. The highest BCUT2D eigenvalue weighted by atomic mass is 32.2. The highest BCUT2D eigenvalue weighted by molar-refractivity contribution is 7.91. The zero-order chi connectivity index (χ0) is 14.9. The zero-order valence-electron chi connectivity index (χ0n) is 11.5. The lowest BCUT2D eigenvalue weighted by atomic mass is 10.1. The van der Waals surface area contributed by atoms with Gasteiger partial charge in [-0.2, -0.15) is 0 Å². The number of hydrogen-bond donors (Lipinski definition) is 0. The van der Waals surface area contributed by atoms with Gasteiger partial charge in [0.15, 0.2) is 9.84 Å². The van der Waals surface area contributed by atoms with E-state index in [1.165, 1.54) is 0 Å². The van der Waals surface area contributed by atoms with Crippen molar-refractivity contribution in [2.45, 2.75) is 12.8 Å². The fourth-order valence-corrected chi connectivity index (χ4v) is 4.58. The van der Waals surface area contributed by atoms with Gasteiger partial charge in [-0.05, 0) is 23.8 Å². The summed E-state index contributed by atoms with van der Waals surface area (Å²) in [6, 6.07) is 13.2. The fourth-order valence-electron chi connectivity index (χ4n) is 2.72. The van der Waals surface area contributed by atoms with Gasteiger partial charge in [-0.15, -0.1) is 0 Å². The predicted molar refractivity (Wildman–Crippen MR) is 81.0 cm³/mol. The maximum Gasteiger partial charge on any atom is 0.311 e. The molecule has 1 atom stereocenters. The number of carbonyl (C=O) groups is 1. The maximum atomic E-state index is 12.0. The van der Waals surface area contributed by atoms with Crippen LogP contribution in [0.25, 0.3) is 10.8 Å². The van der Waals surface area contributed by atoms with E-state index in [0.29, 0.717) is 12.2 Å². The van der Waals surface area contributed by atoms with Gasteiger partial charge in [-0.3, -0.25) is 4.79 Å². The van der Waals surface area contributed by atoms with Crippen LogP contribution >= 0.6 is 0 Å². The van der Waals surface area contributed by atoms with Crippen LogP contribution in [0.15, 0.2) is 42.5 Å². The number of benzene rings is 2. The second-order valence-electron chi connectivity index (χ2n) is 5.42. The first kappa shape index (κ1) is 14.1. The molecule has 1 fully saturated rings. The van der Waals surface area contributed by atoms with Crippen LogP contribution in [0.5, 0.6) is 5.75 Å². The molecule has 0 N–H and O–H groups in total. The van der Waals surface area contributed by atoms with E-state index in [0.717, 1.165) is 10.8 Å². The number of sulfone groups is 1. The summed E-state index contributed by atoms with van der Waals surface area (Å²) < 4.78 is 28.2. The van der Waals surface area contributed by atoms with Crippen molar-refractivity contribution < 1.29 is 17.9 Å². The van der Waals surface area contributed by atoms with Gasteiger partial charge in [0, 0.05) is 11.8 Å². The minimum Gasteiger partial charge on any atom is -0.426 e. The predicted octanol–water partition coefficient (Wildman–Crippen LogP) is 2.57. The summed E-state index contributed by atoms with van der Waals surface area (Å²) in [5.41, 5.74) is 0. The lowest BCUT2D eigenvalue weighted by Crippen LogP contribution is -2.15. The molecule has 5 heteroatoms. The molecular formula is C16H16O4S. The Morgan fingerprint density at radius 1 is 1.14 bits per heavy atom. The van der Waals surface area contributed by atoms with Gasteiger partial charge < -0.3 is 4.74 Å². The average Bonchev–Trinajstić information content (AvgIpc) is 2.78. The maximum absolute atomic E-state index is 12.0. The first-order chi connectivity index (χ1) is 10.0. The van der Waals surface area contributed by atoms with Crippen molar-refractivity contribution in [2.75, 3.05) is 11.5 Å². The normalized spacial score (nSPS) is 20.5. The SMILES string of the molecule is O=C(C[C@H]1CCS(=O)(=O)C1)Oc1cccc2ccccc12. The summed E-state index contributed by atoms with van der Waals surface area (Å²) in [6.07, 6.45) is 0.704. The number of ether oxygens (including phenoxy) is 1. The number of hydrogen-bond acceptors (Lipinski definition) is 4. The Labute approximate surface area is 123 Å². The molecule has 0 spiro atoms. The van der Waals surface area contributed by atoms with Crippen molar-refractivity contribution in [2.24, 2.45) is 5.92 Å². The van der Waals surface area contributed by atoms with Crippen LogP contribution in [0.2, 0.25) is 0 Å². The number of rotatable bonds is 3. The minimum atomic E-state index is -2.96. The summed E-state index contributed by atoms with van der Waals surface area (Å²) in [7, 11) is -2.96. The van der Waals surface area contributed by atoms with Crippen LogP contribution < -0.4 is 4.74 Å². The molecule has 0 bridgehead atoms. The zero-order valence-corrected chi connectivity index (χ0v) is 12.3. The largest absolute Gasteiger partial charge is 0.426 e. The first-order valence-electron chi connectivity index (χ1n) is 6.92. The fraction of sp³-hybridized carbons (Fsp3) is 0.312. The van der Waals surface area contributed by atoms with E-state index in [1.54, 1.807) is 6.07 Å². The molecule has 0 radical (unpaired) electrons. The standard InChI is InChI=1S/C16H16O4S/c17-16(10-12-8-9-21(18,19)11-12)20-15-7-3-5-13-4-1-2-6-14(13)15/h1-7,12H,8-11H2/t12-/m1/s1. The minimum absolute atomic E-state index is 0.0949. The molecule has 21 heavy (non-hydrogen) atoms. The van der Waals surface area contributed by atoms with Gasteiger partial charge in [0.05, 0.1) is 11.5 Å². The van der Waals surface area contributed by atoms with Crippen molar-refractivity contribution in [3.05, 3.63) is 42.5 Å². The van der Waals surface area contributed by atoms with E-state index in [9.17, 15) is 13.2 Å². The molecule has 2 aromatic rings. The molecule has 1 heterocycles. The Morgan fingerprint density at radius 2 is 1.90 bits per heavy atom. The highest BCUT2D eigenvalue weighted by Crippen LogP contribution is 2.27.